The average molecular weight is 277 g/mol. The number of rotatable bonds is 3. The first kappa shape index (κ1) is 14.1. The molecule has 0 aliphatic carbocycles. The molecule has 0 radical (unpaired) electrons. The number of hydrogen-bond donors (Lipinski definition) is 3. The van der Waals surface area contributed by atoms with Crippen LogP contribution in [0.1, 0.15) is 13.8 Å². The van der Waals surface area contributed by atoms with Crippen LogP contribution in [0, 0.1) is 0 Å². The van der Waals surface area contributed by atoms with Crippen molar-refractivity contribution in [2.24, 2.45) is 0 Å². The van der Waals surface area contributed by atoms with Crippen LogP contribution in [0.15, 0.2) is 18.2 Å². The van der Waals surface area contributed by atoms with Gasteiger partial charge in [-0.25, -0.2) is 4.79 Å². The molecule has 0 saturated heterocycles. The van der Waals surface area contributed by atoms with Gasteiger partial charge in [0.2, 0.25) is 0 Å². The SMILES string of the molecule is CC(C)(CO)NC(=O)Nc1ccc(Cl)cc1Cl. The Bertz CT molecular complexity index is 422. The molecule has 3 N–H and O–H groups in total. The molecule has 0 atom stereocenters. The summed E-state index contributed by atoms with van der Waals surface area (Å²) in [6.45, 7) is 3.25. The van der Waals surface area contributed by atoms with Gasteiger partial charge in [0, 0.05) is 5.02 Å². The van der Waals surface area contributed by atoms with Crippen LogP contribution in [-0.2, 0) is 0 Å². The zero-order valence-corrected chi connectivity index (χ0v) is 11.1. The zero-order chi connectivity index (χ0) is 13.1. The van der Waals surface area contributed by atoms with Gasteiger partial charge in [-0.3, -0.25) is 0 Å². The Hall–Kier alpha value is -0.970. The maximum absolute atomic E-state index is 11.6. The Morgan fingerprint density at radius 1 is 1.41 bits per heavy atom. The highest BCUT2D eigenvalue weighted by Crippen LogP contribution is 2.25. The lowest BCUT2D eigenvalue weighted by Gasteiger charge is -2.23. The Labute approximate surface area is 110 Å². The van der Waals surface area contributed by atoms with Crippen molar-refractivity contribution in [3.8, 4) is 0 Å². The minimum atomic E-state index is -0.691. The molecule has 6 heteroatoms. The summed E-state index contributed by atoms with van der Waals surface area (Å²) in [5.74, 6) is 0. The molecule has 1 aromatic carbocycles. The Balaban J connectivity index is 2.69. The molecule has 1 rings (SSSR count). The lowest BCUT2D eigenvalue weighted by atomic mass is 10.1. The number of nitrogens with one attached hydrogen (secondary N) is 2. The quantitative estimate of drug-likeness (QED) is 0.795. The summed E-state index contributed by atoms with van der Waals surface area (Å²) in [5.41, 5.74) is -0.231. The van der Waals surface area contributed by atoms with E-state index in [1.807, 2.05) is 0 Å². The highest BCUT2D eigenvalue weighted by molar-refractivity contribution is 6.36. The fourth-order valence-corrected chi connectivity index (χ4v) is 1.55. The van der Waals surface area contributed by atoms with Crippen molar-refractivity contribution in [1.82, 2.24) is 5.32 Å². The third-order valence-electron chi connectivity index (χ3n) is 2.03. The van der Waals surface area contributed by atoms with Gasteiger partial charge in [-0.05, 0) is 32.0 Å². The number of urea groups is 1. The van der Waals surface area contributed by atoms with Crippen molar-refractivity contribution < 1.29 is 9.90 Å². The van der Waals surface area contributed by atoms with Gasteiger partial charge in [0.1, 0.15) is 0 Å². The van der Waals surface area contributed by atoms with E-state index in [1.165, 1.54) is 6.07 Å². The van der Waals surface area contributed by atoms with Crippen LogP contribution in [0.3, 0.4) is 0 Å². The van der Waals surface area contributed by atoms with Gasteiger partial charge < -0.3 is 15.7 Å². The normalized spacial score (nSPS) is 11.1. The first-order valence-corrected chi connectivity index (χ1v) is 5.75. The molecule has 0 heterocycles. The Kier molecular flexibility index (Phi) is 4.62. The van der Waals surface area contributed by atoms with Crippen molar-refractivity contribution in [3.63, 3.8) is 0 Å². The molecular weight excluding hydrogens is 263 g/mol. The average Bonchev–Trinajstić information content (AvgIpc) is 2.21. The molecule has 1 aromatic rings. The zero-order valence-electron chi connectivity index (χ0n) is 9.55. The van der Waals surface area contributed by atoms with E-state index in [1.54, 1.807) is 26.0 Å². The summed E-state index contributed by atoms with van der Waals surface area (Å²) in [5, 5.41) is 15.0. The molecule has 0 aliphatic rings. The largest absolute Gasteiger partial charge is 0.394 e. The number of carbonyl (C=O) groups is 1. The smallest absolute Gasteiger partial charge is 0.319 e. The number of carbonyl (C=O) groups excluding carboxylic acids is 1. The Morgan fingerprint density at radius 2 is 2.06 bits per heavy atom. The highest BCUT2D eigenvalue weighted by Gasteiger charge is 2.19. The van der Waals surface area contributed by atoms with E-state index in [0.717, 1.165) is 0 Å². The molecule has 0 bridgehead atoms. The summed E-state index contributed by atoms with van der Waals surface area (Å²) in [7, 11) is 0. The monoisotopic (exact) mass is 276 g/mol. The first-order chi connectivity index (χ1) is 7.84. The van der Waals surface area contributed by atoms with Crippen LogP contribution < -0.4 is 10.6 Å². The van der Waals surface area contributed by atoms with Crippen molar-refractivity contribution in [2.75, 3.05) is 11.9 Å². The van der Waals surface area contributed by atoms with E-state index in [9.17, 15) is 4.79 Å². The van der Waals surface area contributed by atoms with Crippen molar-refractivity contribution in [1.29, 1.82) is 0 Å². The molecule has 4 nitrogen and oxygen atoms in total. The summed E-state index contributed by atoms with van der Waals surface area (Å²) in [6.07, 6.45) is 0. The molecule has 0 unspecified atom stereocenters. The van der Waals surface area contributed by atoms with Gasteiger partial charge in [0.15, 0.2) is 0 Å². The van der Waals surface area contributed by atoms with Crippen LogP contribution >= 0.6 is 23.2 Å². The number of aliphatic hydroxyl groups is 1. The molecule has 0 spiro atoms. The number of benzene rings is 1. The predicted molar refractivity (Wildman–Crippen MR) is 69.8 cm³/mol. The highest BCUT2D eigenvalue weighted by atomic mass is 35.5. The Morgan fingerprint density at radius 3 is 2.59 bits per heavy atom. The molecule has 0 saturated carbocycles. The lowest BCUT2D eigenvalue weighted by molar-refractivity contribution is 0.187. The van der Waals surface area contributed by atoms with E-state index in [-0.39, 0.29) is 6.61 Å². The number of hydrogen-bond acceptors (Lipinski definition) is 2. The van der Waals surface area contributed by atoms with Gasteiger partial charge in [-0.1, -0.05) is 23.2 Å². The van der Waals surface area contributed by atoms with Crippen molar-refractivity contribution in [2.45, 2.75) is 19.4 Å². The minimum absolute atomic E-state index is 0.158. The number of anilines is 1. The second-order valence-electron chi connectivity index (χ2n) is 4.25. The standard InChI is InChI=1S/C11H14Cl2N2O2/c1-11(2,6-16)15-10(17)14-9-4-3-7(12)5-8(9)13/h3-5,16H,6H2,1-2H3,(H2,14,15,17). The lowest BCUT2D eigenvalue weighted by Crippen LogP contribution is -2.48. The van der Waals surface area contributed by atoms with Gasteiger partial charge in [-0.15, -0.1) is 0 Å². The number of amides is 2. The fourth-order valence-electron chi connectivity index (χ4n) is 1.09. The van der Waals surface area contributed by atoms with Gasteiger partial charge >= 0.3 is 6.03 Å². The number of aliphatic hydroxyl groups excluding tert-OH is 1. The van der Waals surface area contributed by atoms with Crippen LogP contribution in [0.25, 0.3) is 0 Å². The van der Waals surface area contributed by atoms with Gasteiger partial charge in [-0.2, -0.15) is 0 Å². The minimum Gasteiger partial charge on any atom is -0.394 e. The third-order valence-corrected chi connectivity index (χ3v) is 2.57. The second-order valence-corrected chi connectivity index (χ2v) is 5.09. The molecular formula is C11H14Cl2N2O2. The van der Waals surface area contributed by atoms with Gasteiger partial charge in [0.05, 0.1) is 22.9 Å². The summed E-state index contributed by atoms with van der Waals surface area (Å²) < 4.78 is 0. The molecule has 17 heavy (non-hydrogen) atoms. The van der Waals surface area contributed by atoms with Crippen molar-refractivity contribution in [3.05, 3.63) is 28.2 Å². The molecule has 0 aliphatic heterocycles. The van der Waals surface area contributed by atoms with E-state index in [2.05, 4.69) is 10.6 Å². The van der Waals surface area contributed by atoms with Crippen LogP contribution in [0.2, 0.25) is 10.0 Å². The molecule has 94 valence electrons. The van der Waals surface area contributed by atoms with E-state index in [4.69, 9.17) is 28.3 Å². The maximum atomic E-state index is 11.6. The summed E-state index contributed by atoms with van der Waals surface area (Å²) in [4.78, 5) is 11.6. The maximum Gasteiger partial charge on any atom is 0.319 e. The van der Waals surface area contributed by atoms with E-state index < -0.39 is 11.6 Å². The fraction of sp³-hybridized carbons (Fsp3) is 0.364. The summed E-state index contributed by atoms with van der Waals surface area (Å²) >= 11 is 11.6. The first-order valence-electron chi connectivity index (χ1n) is 4.99. The molecule has 0 fully saturated rings. The molecule has 0 aromatic heterocycles. The van der Waals surface area contributed by atoms with Crippen LogP contribution in [0.5, 0.6) is 0 Å². The summed E-state index contributed by atoms with van der Waals surface area (Å²) in [6, 6.07) is 4.33. The third kappa shape index (κ3) is 4.42. The second kappa shape index (κ2) is 5.58. The van der Waals surface area contributed by atoms with E-state index in [0.29, 0.717) is 15.7 Å². The predicted octanol–water partition coefficient (Wildman–Crippen LogP) is 2.89. The van der Waals surface area contributed by atoms with Crippen LogP contribution in [-0.4, -0.2) is 23.3 Å². The topological polar surface area (TPSA) is 61.4 Å². The number of halogens is 2. The van der Waals surface area contributed by atoms with Gasteiger partial charge in [0.25, 0.3) is 0 Å². The van der Waals surface area contributed by atoms with Crippen molar-refractivity contribution >= 4 is 34.9 Å². The van der Waals surface area contributed by atoms with E-state index >= 15 is 0 Å². The molecule has 2 amide bonds. The van der Waals surface area contributed by atoms with Crippen LogP contribution in [0.4, 0.5) is 10.5 Å².